The van der Waals surface area contributed by atoms with Crippen molar-refractivity contribution in [2.24, 2.45) is 0 Å². The van der Waals surface area contributed by atoms with E-state index in [1.165, 1.54) is 0 Å². The fourth-order valence-electron chi connectivity index (χ4n) is 1.58. The van der Waals surface area contributed by atoms with Gasteiger partial charge in [-0.3, -0.25) is 0 Å². The number of aliphatic hydroxyl groups is 1. The Morgan fingerprint density at radius 3 is 2.33 bits per heavy atom. The van der Waals surface area contributed by atoms with Crippen molar-refractivity contribution in [3.63, 3.8) is 0 Å². The summed E-state index contributed by atoms with van der Waals surface area (Å²) in [6.45, 7) is 0.526. The minimum absolute atomic E-state index is 0.526. The van der Waals surface area contributed by atoms with Gasteiger partial charge in [-0.2, -0.15) is 0 Å². The summed E-state index contributed by atoms with van der Waals surface area (Å²) in [5.41, 5.74) is 1.81. The Bertz CT molecular complexity index is 523. The van der Waals surface area contributed by atoms with Gasteiger partial charge in [0.2, 0.25) is 0 Å². The van der Waals surface area contributed by atoms with Crippen LogP contribution in [-0.4, -0.2) is 5.11 Å². The Labute approximate surface area is 107 Å². The second-order valence-electron chi connectivity index (χ2n) is 3.91. The van der Waals surface area contributed by atoms with Crippen molar-refractivity contribution < 1.29 is 9.84 Å². The predicted molar refractivity (Wildman–Crippen MR) is 71.0 cm³/mol. The van der Waals surface area contributed by atoms with Crippen LogP contribution < -0.4 is 4.74 Å². The van der Waals surface area contributed by atoms with Gasteiger partial charge in [-0.15, -0.1) is 6.42 Å². The summed E-state index contributed by atoms with van der Waals surface area (Å²) >= 11 is 0. The summed E-state index contributed by atoms with van der Waals surface area (Å²) in [6, 6.07) is 17.1. The third kappa shape index (κ3) is 3.13. The summed E-state index contributed by atoms with van der Waals surface area (Å²) in [5.74, 6) is 3.03. The van der Waals surface area contributed by atoms with E-state index in [0.29, 0.717) is 12.2 Å². The third-order valence-corrected chi connectivity index (χ3v) is 2.60. The maximum absolute atomic E-state index is 9.45. The molecule has 0 bridgehead atoms. The van der Waals surface area contributed by atoms with Crippen LogP contribution in [-0.2, 0) is 6.61 Å². The van der Waals surface area contributed by atoms with Crippen molar-refractivity contribution in [1.82, 2.24) is 0 Å². The molecule has 0 aromatic heterocycles. The number of rotatable bonds is 4. The largest absolute Gasteiger partial charge is 0.489 e. The number of benzene rings is 2. The molecule has 2 nitrogen and oxygen atoms in total. The zero-order valence-corrected chi connectivity index (χ0v) is 9.91. The number of terminal acetylenes is 1. The summed E-state index contributed by atoms with van der Waals surface area (Å²) in [5, 5.41) is 9.45. The van der Waals surface area contributed by atoms with Crippen LogP contribution >= 0.6 is 0 Å². The molecule has 2 aromatic rings. The number of hydrogen-bond acceptors (Lipinski definition) is 2. The lowest BCUT2D eigenvalue weighted by molar-refractivity contribution is 0.238. The van der Waals surface area contributed by atoms with Crippen molar-refractivity contribution in [2.75, 3.05) is 0 Å². The van der Waals surface area contributed by atoms with Crippen LogP contribution in [0.5, 0.6) is 5.75 Å². The smallest absolute Gasteiger partial charge is 0.139 e. The molecule has 1 atom stereocenters. The molecule has 2 aromatic carbocycles. The highest BCUT2D eigenvalue weighted by molar-refractivity contribution is 5.31. The van der Waals surface area contributed by atoms with Gasteiger partial charge in [0.25, 0.3) is 0 Å². The molecule has 0 aliphatic carbocycles. The van der Waals surface area contributed by atoms with Gasteiger partial charge in [-0.1, -0.05) is 48.4 Å². The molecule has 0 heterocycles. The van der Waals surface area contributed by atoms with Gasteiger partial charge >= 0.3 is 0 Å². The fraction of sp³-hybridized carbons (Fsp3) is 0.125. The average molecular weight is 238 g/mol. The Morgan fingerprint density at radius 1 is 1.06 bits per heavy atom. The van der Waals surface area contributed by atoms with Crippen LogP contribution in [0.2, 0.25) is 0 Å². The molecule has 0 amide bonds. The van der Waals surface area contributed by atoms with E-state index in [4.69, 9.17) is 11.2 Å². The van der Waals surface area contributed by atoms with Crippen molar-refractivity contribution >= 4 is 0 Å². The summed E-state index contributed by atoms with van der Waals surface area (Å²) in [7, 11) is 0. The van der Waals surface area contributed by atoms with E-state index in [-0.39, 0.29) is 0 Å². The minimum atomic E-state index is -0.854. The van der Waals surface area contributed by atoms with Gasteiger partial charge < -0.3 is 9.84 Å². The first-order chi connectivity index (χ1) is 8.79. The fourth-order valence-corrected chi connectivity index (χ4v) is 1.58. The number of ether oxygens (including phenoxy) is 1. The molecule has 0 fully saturated rings. The molecule has 0 aliphatic rings. The van der Waals surface area contributed by atoms with Crippen molar-refractivity contribution in [2.45, 2.75) is 12.7 Å². The van der Waals surface area contributed by atoms with E-state index in [0.717, 1.165) is 11.3 Å². The second kappa shape index (κ2) is 5.90. The molecule has 1 unspecified atom stereocenters. The predicted octanol–water partition coefficient (Wildman–Crippen LogP) is 2.93. The lowest BCUT2D eigenvalue weighted by Crippen LogP contribution is -1.96. The lowest BCUT2D eigenvalue weighted by Gasteiger charge is -2.08. The molecule has 1 N–H and O–H groups in total. The van der Waals surface area contributed by atoms with Crippen molar-refractivity contribution in [1.29, 1.82) is 0 Å². The quantitative estimate of drug-likeness (QED) is 0.830. The summed E-state index contributed by atoms with van der Waals surface area (Å²) in [6.07, 6.45) is 4.29. The SMILES string of the molecule is C#CC(O)c1ccc(OCc2ccccc2)cc1. The van der Waals surface area contributed by atoms with E-state index in [1.807, 2.05) is 30.3 Å². The zero-order chi connectivity index (χ0) is 12.8. The number of aliphatic hydroxyl groups excluding tert-OH is 1. The van der Waals surface area contributed by atoms with Gasteiger partial charge in [0.1, 0.15) is 18.5 Å². The Balaban J connectivity index is 1.97. The topological polar surface area (TPSA) is 29.5 Å². The first-order valence-electron chi connectivity index (χ1n) is 5.70. The molecular weight excluding hydrogens is 224 g/mol. The number of hydrogen-bond donors (Lipinski definition) is 1. The van der Waals surface area contributed by atoms with E-state index in [9.17, 15) is 5.11 Å². The molecule has 2 heteroatoms. The molecule has 18 heavy (non-hydrogen) atoms. The Hall–Kier alpha value is -2.24. The van der Waals surface area contributed by atoms with Gasteiger partial charge in [-0.05, 0) is 23.3 Å². The van der Waals surface area contributed by atoms with Crippen LogP contribution in [0, 0.1) is 12.3 Å². The van der Waals surface area contributed by atoms with Crippen LogP contribution in [0.1, 0.15) is 17.2 Å². The van der Waals surface area contributed by atoms with Crippen LogP contribution in [0.3, 0.4) is 0 Å². The van der Waals surface area contributed by atoms with E-state index in [2.05, 4.69) is 5.92 Å². The van der Waals surface area contributed by atoms with E-state index in [1.54, 1.807) is 24.3 Å². The molecule has 2 rings (SSSR count). The normalized spacial score (nSPS) is 11.6. The Morgan fingerprint density at radius 2 is 1.72 bits per heavy atom. The van der Waals surface area contributed by atoms with Gasteiger partial charge in [0, 0.05) is 0 Å². The maximum atomic E-state index is 9.45. The molecule has 0 saturated heterocycles. The highest BCUT2D eigenvalue weighted by Gasteiger charge is 2.03. The van der Waals surface area contributed by atoms with Gasteiger partial charge in [0.15, 0.2) is 0 Å². The van der Waals surface area contributed by atoms with Crippen LogP contribution in [0.15, 0.2) is 54.6 Å². The highest BCUT2D eigenvalue weighted by atomic mass is 16.5. The standard InChI is InChI=1S/C16H14O2/c1-2-16(17)14-8-10-15(11-9-14)18-12-13-6-4-3-5-7-13/h1,3-11,16-17H,12H2. The molecular formula is C16H14O2. The van der Waals surface area contributed by atoms with Crippen molar-refractivity contribution in [3.8, 4) is 18.1 Å². The minimum Gasteiger partial charge on any atom is -0.489 e. The van der Waals surface area contributed by atoms with E-state index >= 15 is 0 Å². The second-order valence-corrected chi connectivity index (χ2v) is 3.91. The zero-order valence-electron chi connectivity index (χ0n) is 9.91. The average Bonchev–Trinajstić information content (AvgIpc) is 2.46. The molecule has 0 aliphatic heterocycles. The van der Waals surface area contributed by atoms with Gasteiger partial charge in [0.05, 0.1) is 0 Å². The van der Waals surface area contributed by atoms with E-state index < -0.39 is 6.10 Å². The summed E-state index contributed by atoms with van der Waals surface area (Å²) < 4.78 is 5.63. The van der Waals surface area contributed by atoms with Gasteiger partial charge in [-0.25, -0.2) is 0 Å². The van der Waals surface area contributed by atoms with Crippen molar-refractivity contribution in [3.05, 3.63) is 65.7 Å². The molecule has 0 spiro atoms. The highest BCUT2D eigenvalue weighted by Crippen LogP contribution is 2.18. The van der Waals surface area contributed by atoms with Crippen LogP contribution in [0.4, 0.5) is 0 Å². The molecule has 0 radical (unpaired) electrons. The molecule has 90 valence electrons. The monoisotopic (exact) mass is 238 g/mol. The third-order valence-electron chi connectivity index (χ3n) is 2.60. The Kier molecular flexibility index (Phi) is 4.01. The van der Waals surface area contributed by atoms with Crippen LogP contribution in [0.25, 0.3) is 0 Å². The molecule has 0 saturated carbocycles. The first kappa shape index (κ1) is 12.2. The summed E-state index contributed by atoms with van der Waals surface area (Å²) in [4.78, 5) is 0. The lowest BCUT2D eigenvalue weighted by atomic mass is 10.1. The maximum Gasteiger partial charge on any atom is 0.139 e. The first-order valence-corrected chi connectivity index (χ1v) is 5.70.